The van der Waals surface area contributed by atoms with Gasteiger partial charge in [-0.1, -0.05) is 115 Å². The Bertz CT molecular complexity index is 1660. The van der Waals surface area contributed by atoms with Crippen LogP contribution < -0.4 is 10.6 Å². The average Bonchev–Trinajstić information content (AvgIpc) is 3.11. The van der Waals surface area contributed by atoms with Crippen LogP contribution in [0, 0.1) is 0 Å². The number of halogens is 1. The quantitative estimate of drug-likeness (QED) is 0.155. The van der Waals surface area contributed by atoms with Crippen LogP contribution in [0.4, 0.5) is 15.3 Å². The molecule has 4 aromatic carbocycles. The normalized spacial score (nSPS) is 16.8. The van der Waals surface area contributed by atoms with E-state index in [1.807, 2.05) is 109 Å². The lowest BCUT2D eigenvalue weighted by molar-refractivity contribution is -0.118. The maximum Gasteiger partial charge on any atom is 0.407 e. The van der Waals surface area contributed by atoms with Gasteiger partial charge in [0.2, 0.25) is 5.91 Å². The molecule has 0 aromatic heterocycles. The Morgan fingerprint density at radius 2 is 1.54 bits per heavy atom. The molecule has 3 amide bonds. The van der Waals surface area contributed by atoms with E-state index in [0.29, 0.717) is 23.6 Å². The van der Waals surface area contributed by atoms with Crippen molar-refractivity contribution in [2.45, 2.75) is 37.0 Å². The summed E-state index contributed by atoms with van der Waals surface area (Å²) in [6, 6.07) is 32.8. The van der Waals surface area contributed by atoms with Crippen molar-refractivity contribution in [2.24, 2.45) is 0 Å². The number of hydrogen-bond acceptors (Lipinski definition) is 5. The summed E-state index contributed by atoms with van der Waals surface area (Å²) in [7, 11) is 1.26. The van der Waals surface area contributed by atoms with Crippen LogP contribution >= 0.6 is 11.6 Å². The second-order valence-electron chi connectivity index (χ2n) is 11.5. The van der Waals surface area contributed by atoms with E-state index in [4.69, 9.17) is 21.1 Å². The Labute approximate surface area is 285 Å². The standard InChI is InChI=1S/C38H38ClN3O6/c1-47-37(44)41-35(34(28-11-4-2-5-12-28)29-13-6-3-7-14-29)36(43)40-33-15-9-8-10-27(33)19-23-32-25-42(38(45)46)24-31(48-32)22-18-26-16-20-30(39)21-17-26/h2-18,20-22,31-32,34-35H,19,23-25H2,1H3,(H,40,43)(H,41,44)(H,45,46)/b22-18+/t31-,32-,35+/m1/s1. The number of amides is 3. The SMILES string of the molecule is COC(=O)N[C@H](C(=O)Nc1ccccc1CC[C@@H]1CN(C(=O)O)C[C@@H](/C=C/c2ccc(Cl)cc2)O1)C(c1ccccc1)c1ccccc1. The average molecular weight is 668 g/mol. The van der Waals surface area contributed by atoms with Crippen LogP contribution in [-0.4, -0.2) is 66.5 Å². The van der Waals surface area contributed by atoms with Crippen molar-refractivity contribution >= 4 is 41.5 Å². The molecular weight excluding hydrogens is 630 g/mol. The number of alkyl carbamates (subject to hydrolysis) is 1. The predicted molar refractivity (Wildman–Crippen MR) is 186 cm³/mol. The molecule has 10 heteroatoms. The molecule has 1 aliphatic heterocycles. The molecule has 0 aliphatic carbocycles. The minimum atomic E-state index is -1.01. The van der Waals surface area contributed by atoms with E-state index in [9.17, 15) is 19.5 Å². The Morgan fingerprint density at radius 1 is 0.917 bits per heavy atom. The Balaban J connectivity index is 1.33. The molecule has 1 aliphatic rings. The van der Waals surface area contributed by atoms with Crippen molar-refractivity contribution in [1.82, 2.24) is 10.2 Å². The number of para-hydroxylation sites is 1. The van der Waals surface area contributed by atoms with Crippen LogP contribution in [0.15, 0.2) is 115 Å². The monoisotopic (exact) mass is 667 g/mol. The van der Waals surface area contributed by atoms with Gasteiger partial charge in [0, 0.05) is 16.6 Å². The third-order valence-electron chi connectivity index (χ3n) is 8.24. The van der Waals surface area contributed by atoms with Gasteiger partial charge in [-0.15, -0.1) is 0 Å². The third kappa shape index (κ3) is 9.24. The second kappa shape index (κ2) is 16.6. The lowest BCUT2D eigenvalue weighted by Crippen LogP contribution is -2.49. The second-order valence-corrected chi connectivity index (χ2v) is 11.9. The van der Waals surface area contributed by atoms with Crippen LogP contribution in [0.25, 0.3) is 6.08 Å². The number of hydrogen-bond donors (Lipinski definition) is 3. The van der Waals surface area contributed by atoms with Crippen LogP contribution in [0.1, 0.15) is 34.6 Å². The largest absolute Gasteiger partial charge is 0.465 e. The molecule has 1 heterocycles. The van der Waals surface area contributed by atoms with Gasteiger partial charge in [-0.25, -0.2) is 9.59 Å². The summed E-state index contributed by atoms with van der Waals surface area (Å²) in [5, 5.41) is 16.3. The molecule has 0 unspecified atom stereocenters. The van der Waals surface area contributed by atoms with Crippen LogP contribution in [0.2, 0.25) is 5.02 Å². The molecule has 1 saturated heterocycles. The maximum absolute atomic E-state index is 14.1. The van der Waals surface area contributed by atoms with Crippen molar-refractivity contribution in [2.75, 3.05) is 25.5 Å². The minimum absolute atomic E-state index is 0.223. The highest BCUT2D eigenvalue weighted by Gasteiger charge is 2.34. The fraction of sp³-hybridized carbons (Fsp3) is 0.237. The molecule has 4 aromatic rings. The van der Waals surface area contributed by atoms with Gasteiger partial charge >= 0.3 is 12.2 Å². The molecule has 3 atom stereocenters. The van der Waals surface area contributed by atoms with Crippen molar-refractivity contribution in [3.63, 3.8) is 0 Å². The summed E-state index contributed by atoms with van der Waals surface area (Å²) in [4.78, 5) is 40.0. The number of methoxy groups -OCH3 is 1. The fourth-order valence-corrected chi connectivity index (χ4v) is 5.98. The zero-order chi connectivity index (χ0) is 33.9. The number of carbonyl (C=O) groups is 3. The Morgan fingerprint density at radius 3 is 2.17 bits per heavy atom. The summed E-state index contributed by atoms with van der Waals surface area (Å²) in [6.07, 6.45) is 2.26. The van der Waals surface area contributed by atoms with Gasteiger partial charge in [0.05, 0.1) is 32.4 Å². The smallest absolute Gasteiger partial charge is 0.407 e. The number of nitrogens with one attached hydrogen (secondary N) is 2. The number of benzene rings is 4. The number of rotatable bonds is 11. The molecule has 0 radical (unpaired) electrons. The van der Waals surface area contributed by atoms with E-state index in [1.165, 1.54) is 12.0 Å². The van der Waals surface area contributed by atoms with Gasteiger partial charge in [0.1, 0.15) is 6.04 Å². The molecule has 1 fully saturated rings. The van der Waals surface area contributed by atoms with Gasteiger partial charge in [-0.3, -0.25) is 4.79 Å². The van der Waals surface area contributed by atoms with Gasteiger partial charge in [0.15, 0.2) is 0 Å². The maximum atomic E-state index is 14.1. The van der Waals surface area contributed by atoms with Crippen LogP contribution in [0.5, 0.6) is 0 Å². The highest BCUT2D eigenvalue weighted by molar-refractivity contribution is 6.30. The van der Waals surface area contributed by atoms with Gasteiger partial charge in [0.25, 0.3) is 0 Å². The number of aryl methyl sites for hydroxylation is 1. The lowest BCUT2D eigenvalue weighted by Gasteiger charge is -2.35. The lowest BCUT2D eigenvalue weighted by atomic mass is 9.84. The first kappa shape index (κ1) is 34.2. The zero-order valence-corrected chi connectivity index (χ0v) is 27.3. The predicted octanol–water partition coefficient (Wildman–Crippen LogP) is 7.23. The van der Waals surface area contributed by atoms with E-state index < -0.39 is 36.2 Å². The van der Waals surface area contributed by atoms with E-state index in [2.05, 4.69) is 10.6 Å². The van der Waals surface area contributed by atoms with E-state index in [1.54, 1.807) is 12.1 Å². The van der Waals surface area contributed by atoms with E-state index in [-0.39, 0.29) is 19.2 Å². The molecule has 48 heavy (non-hydrogen) atoms. The topological polar surface area (TPSA) is 117 Å². The highest BCUT2D eigenvalue weighted by Crippen LogP contribution is 2.30. The number of ether oxygens (including phenoxy) is 2. The molecule has 5 rings (SSSR count). The number of anilines is 1. The fourth-order valence-electron chi connectivity index (χ4n) is 5.86. The first-order chi connectivity index (χ1) is 23.3. The first-order valence-electron chi connectivity index (χ1n) is 15.7. The number of carboxylic acid groups (broad SMARTS) is 1. The Kier molecular flexibility index (Phi) is 11.9. The minimum Gasteiger partial charge on any atom is -0.465 e. The van der Waals surface area contributed by atoms with Gasteiger partial charge < -0.3 is 30.1 Å². The molecule has 0 bridgehead atoms. The molecule has 0 spiro atoms. The van der Waals surface area contributed by atoms with Crippen molar-refractivity contribution in [3.8, 4) is 0 Å². The molecule has 3 N–H and O–H groups in total. The molecule has 9 nitrogen and oxygen atoms in total. The van der Waals surface area contributed by atoms with Crippen molar-refractivity contribution < 1.29 is 29.0 Å². The summed E-state index contributed by atoms with van der Waals surface area (Å²) in [6.45, 7) is 0.456. The van der Waals surface area contributed by atoms with Crippen LogP contribution in [-0.2, 0) is 20.7 Å². The number of carbonyl (C=O) groups excluding carboxylic acids is 2. The van der Waals surface area contributed by atoms with E-state index in [0.717, 1.165) is 22.3 Å². The van der Waals surface area contributed by atoms with Crippen molar-refractivity contribution in [1.29, 1.82) is 0 Å². The van der Waals surface area contributed by atoms with E-state index >= 15 is 0 Å². The first-order valence-corrected chi connectivity index (χ1v) is 16.1. The number of nitrogens with zero attached hydrogens (tertiary/aromatic N) is 1. The Hall–Kier alpha value is -5.12. The van der Waals surface area contributed by atoms with Crippen LogP contribution in [0.3, 0.4) is 0 Å². The zero-order valence-electron chi connectivity index (χ0n) is 26.5. The third-order valence-corrected chi connectivity index (χ3v) is 8.49. The van der Waals surface area contributed by atoms with Crippen molar-refractivity contribution in [3.05, 3.63) is 143 Å². The highest BCUT2D eigenvalue weighted by atomic mass is 35.5. The summed E-state index contributed by atoms with van der Waals surface area (Å²) >= 11 is 6.00. The number of morpholine rings is 1. The summed E-state index contributed by atoms with van der Waals surface area (Å²) in [5.74, 6) is -0.918. The summed E-state index contributed by atoms with van der Waals surface area (Å²) in [5.41, 5.74) is 4.07. The molecule has 248 valence electrons. The molecular formula is C38H38ClN3O6. The molecule has 0 saturated carbocycles. The van der Waals surface area contributed by atoms with Gasteiger partial charge in [-0.05, 0) is 53.3 Å². The van der Waals surface area contributed by atoms with Gasteiger partial charge in [-0.2, -0.15) is 0 Å². The summed E-state index contributed by atoms with van der Waals surface area (Å²) < 4.78 is 11.2.